The van der Waals surface area contributed by atoms with Gasteiger partial charge in [-0.1, -0.05) is 104 Å². The number of rotatable bonds is 19. The van der Waals surface area contributed by atoms with Gasteiger partial charge in [0.1, 0.15) is 5.95 Å². The fourth-order valence-corrected chi connectivity index (χ4v) is 4.03. The number of unbranched alkanes of at least 4 members (excludes halogenated alkanes) is 12. The van der Waals surface area contributed by atoms with Crippen molar-refractivity contribution in [3.8, 4) is 0 Å². The van der Waals surface area contributed by atoms with Gasteiger partial charge in [0.15, 0.2) is 6.03 Å². The van der Waals surface area contributed by atoms with Crippen molar-refractivity contribution >= 4 is 18.1 Å². The summed E-state index contributed by atoms with van der Waals surface area (Å²) in [5.41, 5.74) is 13.6. The molecule has 4 N–H and O–H groups in total. The van der Waals surface area contributed by atoms with Gasteiger partial charge in [0.2, 0.25) is 6.09 Å². The van der Waals surface area contributed by atoms with Crippen LogP contribution in [0.15, 0.2) is 10.9 Å². The monoisotopic (exact) mass is 596 g/mol. The van der Waals surface area contributed by atoms with E-state index in [0.717, 1.165) is 12.8 Å². The van der Waals surface area contributed by atoms with Crippen molar-refractivity contribution in [2.75, 3.05) is 11.9 Å². The normalized spacial score (nSPS) is 11.0. The van der Waals surface area contributed by atoms with Gasteiger partial charge in [-0.2, -0.15) is 0 Å². The molecule has 0 spiro atoms. The van der Waals surface area contributed by atoms with Crippen molar-refractivity contribution in [1.82, 2.24) is 9.97 Å². The third kappa shape index (κ3) is 25.9. The summed E-state index contributed by atoms with van der Waals surface area (Å²) in [4.78, 5) is 37.8. The fourth-order valence-electron chi connectivity index (χ4n) is 4.03. The number of ether oxygens (including phenoxy) is 1. The Balaban J connectivity index is 0. The topological polar surface area (TPSA) is 149 Å². The number of aromatic amines is 1. The second kappa shape index (κ2) is 26.1. The van der Waals surface area contributed by atoms with Gasteiger partial charge in [0.25, 0.3) is 5.56 Å². The molecule has 0 aliphatic rings. The van der Waals surface area contributed by atoms with E-state index in [2.05, 4.69) is 23.8 Å². The molecule has 211 valence electrons. The molecule has 1 radical (unpaired) electrons. The van der Waals surface area contributed by atoms with Crippen LogP contribution in [0, 0.1) is 12.8 Å². The van der Waals surface area contributed by atoms with E-state index in [9.17, 15) is 14.4 Å². The summed E-state index contributed by atoms with van der Waals surface area (Å²) in [6.07, 6.45) is 20.0. The molecule has 0 aliphatic carbocycles. The minimum atomic E-state index is -1.01. The van der Waals surface area contributed by atoms with Crippen molar-refractivity contribution in [3.05, 3.63) is 33.6 Å². The predicted octanol–water partition coefficient (Wildman–Crippen LogP) is 8.73. The molecule has 1 atom stereocenters. The van der Waals surface area contributed by atoms with E-state index in [1.54, 1.807) is 6.92 Å². The maximum atomic E-state index is 10.8. The van der Waals surface area contributed by atoms with Gasteiger partial charge in [0, 0.05) is 44.5 Å². The molecule has 9 nitrogen and oxygen atoms in total. The van der Waals surface area contributed by atoms with Crippen LogP contribution in [0.3, 0.4) is 0 Å². The largest absolute Gasteiger partial charge is 0.632 e. The summed E-state index contributed by atoms with van der Waals surface area (Å²) < 4.78 is 4.95. The SMILES string of the molecule is CCCCCCCCCCC(CCCCCCCC)COC([NH-])=O.Cc1cc(=O)[nH]c(NC([NH-])=O)n1.[Y]. The molecule has 10 heteroatoms. The summed E-state index contributed by atoms with van der Waals surface area (Å²) in [7, 11) is 0. The van der Waals surface area contributed by atoms with Crippen molar-refractivity contribution in [1.29, 1.82) is 0 Å². The number of hydrogen-bond donors (Lipinski definition) is 2. The number of hydrogen-bond acceptors (Lipinski definition) is 5. The molecule has 37 heavy (non-hydrogen) atoms. The first-order valence-corrected chi connectivity index (χ1v) is 13.8. The Kier molecular flexibility index (Phi) is 26.6. The second-order valence-corrected chi connectivity index (χ2v) is 9.47. The summed E-state index contributed by atoms with van der Waals surface area (Å²) >= 11 is 0. The maximum absolute atomic E-state index is 10.8. The number of carbonyl (C=O) groups excluding carboxylic acids is 2. The number of nitrogens with zero attached hydrogens (tertiary/aromatic N) is 1. The number of carbonyl (C=O) groups is 2. The van der Waals surface area contributed by atoms with Crippen molar-refractivity contribution in [2.24, 2.45) is 5.92 Å². The second-order valence-electron chi connectivity index (χ2n) is 9.47. The Labute approximate surface area is 248 Å². The van der Waals surface area contributed by atoms with Crippen LogP contribution >= 0.6 is 0 Å². The smallest absolute Gasteiger partial charge is 0.251 e. The molecular weight excluding hydrogens is 547 g/mol. The fraction of sp³-hybridized carbons (Fsp3) is 0.778. The average molecular weight is 597 g/mol. The van der Waals surface area contributed by atoms with Crippen LogP contribution in [0.1, 0.15) is 122 Å². The standard InChI is InChI=1S/C21H43NO2.C6H8N4O2.Y/c1-3-5-7-9-11-12-14-16-18-20(19-24-21(22)23)17-15-13-10-8-6-4-2;1-3-2-4(11)9-6(8-3)10-5(7)12;/h20H,3-19H2,1-2H3,(H2,22,23);2H,1H3,(H4,7,8,9,10,11,12);/p-2. The zero-order valence-electron chi connectivity index (χ0n) is 23.3. The number of nitrogens with one attached hydrogen (secondary N) is 4. The molecule has 1 aromatic rings. The summed E-state index contributed by atoms with van der Waals surface area (Å²) in [6.45, 7) is 6.57. The molecule has 1 rings (SSSR count). The third-order valence-corrected chi connectivity index (χ3v) is 5.98. The summed E-state index contributed by atoms with van der Waals surface area (Å²) in [6, 6.07) is 0.281. The van der Waals surface area contributed by atoms with Gasteiger partial charge in [-0.25, -0.2) is 4.98 Å². The Morgan fingerprint density at radius 3 is 1.76 bits per heavy atom. The van der Waals surface area contributed by atoms with Crippen molar-refractivity contribution < 1.29 is 47.0 Å². The Bertz CT molecular complexity index is 761. The van der Waals surface area contributed by atoms with E-state index in [-0.39, 0.29) is 44.2 Å². The van der Waals surface area contributed by atoms with Crippen LogP contribution in [-0.2, 0) is 37.4 Å². The number of aryl methyl sites for hydroxylation is 1. The molecule has 1 heterocycles. The van der Waals surface area contributed by atoms with E-state index < -0.39 is 12.1 Å². The van der Waals surface area contributed by atoms with E-state index >= 15 is 0 Å². The van der Waals surface area contributed by atoms with Gasteiger partial charge < -0.3 is 26.5 Å². The minimum absolute atomic E-state index is 0. The molecule has 0 fully saturated rings. The van der Waals surface area contributed by atoms with Crippen molar-refractivity contribution in [2.45, 2.75) is 124 Å². The first-order valence-electron chi connectivity index (χ1n) is 13.8. The molecule has 0 saturated carbocycles. The van der Waals surface area contributed by atoms with Crippen LogP contribution in [0.4, 0.5) is 15.5 Å². The van der Waals surface area contributed by atoms with Gasteiger partial charge in [-0.15, -0.1) is 0 Å². The molecule has 0 aliphatic heterocycles. The van der Waals surface area contributed by atoms with Gasteiger partial charge >= 0.3 is 0 Å². The quantitative estimate of drug-likeness (QED) is 0.153. The maximum Gasteiger partial charge on any atom is 0.251 e. The molecule has 1 aromatic heterocycles. The minimum Gasteiger partial charge on any atom is -0.632 e. The molecule has 3 amide bonds. The zero-order chi connectivity index (χ0) is 27.0. The number of urea groups is 1. The summed E-state index contributed by atoms with van der Waals surface area (Å²) in [5.74, 6) is 0.463. The zero-order valence-corrected chi connectivity index (χ0v) is 26.2. The van der Waals surface area contributed by atoms with E-state index in [4.69, 9.17) is 16.2 Å². The number of anilines is 1. The van der Waals surface area contributed by atoms with Crippen LogP contribution in [-0.4, -0.2) is 28.7 Å². The van der Waals surface area contributed by atoms with E-state index in [1.807, 2.05) is 5.32 Å². The molecule has 0 saturated heterocycles. The Morgan fingerprint density at radius 2 is 1.35 bits per heavy atom. The van der Waals surface area contributed by atoms with Crippen molar-refractivity contribution in [3.63, 3.8) is 0 Å². The number of amides is 3. The third-order valence-electron chi connectivity index (χ3n) is 5.98. The van der Waals surface area contributed by atoms with Gasteiger partial charge in [-0.05, 0) is 25.7 Å². The van der Waals surface area contributed by atoms with Crippen LogP contribution in [0.25, 0.3) is 11.5 Å². The van der Waals surface area contributed by atoms with Crippen LogP contribution in [0.5, 0.6) is 0 Å². The van der Waals surface area contributed by atoms with Gasteiger partial charge in [0.05, 0.1) is 6.61 Å². The molecular formula is C27H49N5O4Y-2. The summed E-state index contributed by atoms with van der Waals surface area (Å²) in [5, 5.41) is 2.05. The molecule has 0 bridgehead atoms. The molecule has 0 aromatic carbocycles. The van der Waals surface area contributed by atoms with E-state index in [0.29, 0.717) is 18.2 Å². The first-order chi connectivity index (χ1) is 17.3. The molecule has 1 unspecified atom stereocenters. The number of H-pyrrole nitrogens is 1. The average Bonchev–Trinajstić information content (AvgIpc) is 2.80. The van der Waals surface area contributed by atoms with Crippen LogP contribution in [0.2, 0.25) is 0 Å². The first kappa shape index (κ1) is 37.7. The van der Waals surface area contributed by atoms with E-state index in [1.165, 1.54) is 96.0 Å². The predicted molar refractivity (Wildman–Crippen MR) is 147 cm³/mol. The Morgan fingerprint density at radius 1 is 0.892 bits per heavy atom. The van der Waals surface area contributed by atoms with Crippen LogP contribution < -0.4 is 10.9 Å². The Hall–Kier alpha value is -1.48. The van der Waals surface area contributed by atoms with Gasteiger partial charge in [-0.3, -0.25) is 14.4 Å². The number of aromatic nitrogens is 2.